The molecule has 0 unspecified atom stereocenters. The molecule has 1 aromatic heterocycles. The molecule has 0 spiro atoms. The molecule has 37 heavy (non-hydrogen) atoms. The fraction of sp³-hybridized carbons (Fsp3) is 0.357. The number of rotatable bonds is 12. The molecule has 1 fully saturated rings. The van der Waals surface area contributed by atoms with Gasteiger partial charge in [0.1, 0.15) is 15.6 Å². The number of nitrogens with one attached hydrogen (secondary N) is 2. The number of carbonyl (C=O) groups excluding carboxylic acids is 2. The van der Waals surface area contributed by atoms with Gasteiger partial charge in [-0.3, -0.25) is 14.5 Å². The van der Waals surface area contributed by atoms with E-state index in [2.05, 4.69) is 15.5 Å². The van der Waals surface area contributed by atoms with Crippen LogP contribution in [0.15, 0.2) is 54.6 Å². The smallest absolute Gasteiger partial charge is 0.256 e. The SMILES string of the molecule is COc1ccc(C(=O)c2sc(NCCCN3CCOCC3)c(C(=O)NCCc3ccccc3)c2N)cc1. The van der Waals surface area contributed by atoms with Crippen molar-refractivity contribution in [2.24, 2.45) is 0 Å². The zero-order chi connectivity index (χ0) is 26.0. The summed E-state index contributed by atoms with van der Waals surface area (Å²) in [4.78, 5) is 29.3. The van der Waals surface area contributed by atoms with Gasteiger partial charge in [-0.2, -0.15) is 0 Å². The quantitative estimate of drug-likeness (QED) is 0.246. The summed E-state index contributed by atoms with van der Waals surface area (Å²) in [5.41, 5.74) is 8.61. The Labute approximate surface area is 221 Å². The molecule has 0 bridgehead atoms. The van der Waals surface area contributed by atoms with Crippen LogP contribution in [0.3, 0.4) is 0 Å². The first kappa shape index (κ1) is 26.7. The summed E-state index contributed by atoms with van der Waals surface area (Å²) in [5.74, 6) is 0.163. The first-order chi connectivity index (χ1) is 18.1. The maximum Gasteiger partial charge on any atom is 0.256 e. The highest BCUT2D eigenvalue weighted by Crippen LogP contribution is 2.37. The number of ketones is 1. The molecule has 0 saturated carbocycles. The van der Waals surface area contributed by atoms with E-state index in [1.54, 1.807) is 31.4 Å². The van der Waals surface area contributed by atoms with Crippen molar-refractivity contribution in [1.82, 2.24) is 10.2 Å². The number of nitrogen functional groups attached to an aromatic ring is 1. The molecule has 0 radical (unpaired) electrons. The van der Waals surface area contributed by atoms with E-state index >= 15 is 0 Å². The third-order valence-corrected chi connectivity index (χ3v) is 7.48. The Kier molecular flexibility index (Phi) is 9.53. The summed E-state index contributed by atoms with van der Waals surface area (Å²) in [7, 11) is 1.58. The minimum Gasteiger partial charge on any atom is -0.497 e. The average Bonchev–Trinajstić information content (AvgIpc) is 3.27. The highest BCUT2D eigenvalue weighted by molar-refractivity contribution is 7.19. The van der Waals surface area contributed by atoms with Crippen molar-refractivity contribution in [2.75, 3.05) is 64.1 Å². The maximum absolute atomic E-state index is 13.3. The lowest BCUT2D eigenvalue weighted by molar-refractivity contribution is 0.0378. The molecule has 2 heterocycles. The minimum atomic E-state index is -0.283. The van der Waals surface area contributed by atoms with Crippen LogP contribution in [-0.4, -0.2) is 69.6 Å². The molecule has 1 aliphatic heterocycles. The summed E-state index contributed by atoms with van der Waals surface area (Å²) >= 11 is 1.23. The predicted molar refractivity (Wildman–Crippen MR) is 148 cm³/mol. The second-order valence-corrected chi connectivity index (χ2v) is 9.85. The van der Waals surface area contributed by atoms with Crippen molar-refractivity contribution < 1.29 is 19.1 Å². The lowest BCUT2D eigenvalue weighted by Crippen LogP contribution is -2.37. The highest BCUT2D eigenvalue weighted by Gasteiger charge is 2.26. The van der Waals surface area contributed by atoms with Gasteiger partial charge in [-0.1, -0.05) is 30.3 Å². The number of hydrogen-bond acceptors (Lipinski definition) is 8. The summed E-state index contributed by atoms with van der Waals surface area (Å²) in [6.07, 6.45) is 1.60. The molecule has 1 amide bonds. The van der Waals surface area contributed by atoms with Crippen LogP contribution in [-0.2, 0) is 11.2 Å². The largest absolute Gasteiger partial charge is 0.497 e. The number of carbonyl (C=O) groups is 2. The number of methoxy groups -OCH3 is 1. The molecule has 0 atom stereocenters. The Bertz CT molecular complexity index is 1170. The second-order valence-electron chi connectivity index (χ2n) is 8.83. The zero-order valence-electron chi connectivity index (χ0n) is 21.1. The number of benzene rings is 2. The van der Waals surface area contributed by atoms with Crippen LogP contribution in [0.5, 0.6) is 5.75 Å². The Morgan fingerprint density at radius 2 is 1.78 bits per heavy atom. The molecule has 4 N–H and O–H groups in total. The van der Waals surface area contributed by atoms with E-state index in [0.717, 1.165) is 44.8 Å². The first-order valence-electron chi connectivity index (χ1n) is 12.5. The first-order valence-corrected chi connectivity index (χ1v) is 13.4. The van der Waals surface area contributed by atoms with Gasteiger partial charge in [-0.15, -0.1) is 11.3 Å². The van der Waals surface area contributed by atoms with Crippen LogP contribution < -0.4 is 21.1 Å². The Balaban J connectivity index is 1.47. The fourth-order valence-electron chi connectivity index (χ4n) is 4.22. The molecule has 1 saturated heterocycles. The van der Waals surface area contributed by atoms with E-state index in [1.165, 1.54) is 11.3 Å². The van der Waals surface area contributed by atoms with Crippen LogP contribution in [0.25, 0.3) is 0 Å². The molecular formula is C28H34N4O4S. The van der Waals surface area contributed by atoms with Gasteiger partial charge in [0.25, 0.3) is 5.91 Å². The maximum atomic E-state index is 13.3. The van der Waals surface area contributed by atoms with E-state index in [9.17, 15) is 9.59 Å². The Hall–Kier alpha value is -3.40. The van der Waals surface area contributed by atoms with Gasteiger partial charge >= 0.3 is 0 Å². The zero-order valence-corrected chi connectivity index (χ0v) is 21.9. The lowest BCUT2D eigenvalue weighted by atomic mass is 10.1. The standard InChI is InChI=1S/C28H34N4O4S/c1-35-22-10-8-21(9-11-22)25(33)26-24(29)23(27(34)30-14-12-20-6-3-2-4-7-20)28(37-26)31-13-5-15-32-16-18-36-19-17-32/h2-4,6-11,31H,5,12-19,29H2,1H3,(H,30,34). The molecule has 0 aliphatic carbocycles. The van der Waals surface area contributed by atoms with Crippen LogP contribution in [0.4, 0.5) is 10.7 Å². The molecule has 8 nitrogen and oxygen atoms in total. The van der Waals surface area contributed by atoms with Gasteiger partial charge in [0.2, 0.25) is 5.78 Å². The van der Waals surface area contributed by atoms with Crippen molar-refractivity contribution in [3.8, 4) is 5.75 Å². The van der Waals surface area contributed by atoms with Crippen molar-refractivity contribution in [3.05, 3.63) is 76.2 Å². The summed E-state index contributed by atoms with van der Waals surface area (Å²) in [6.45, 7) is 5.46. The molecule has 9 heteroatoms. The van der Waals surface area contributed by atoms with Gasteiger partial charge in [0.15, 0.2) is 0 Å². The molecule has 1 aliphatic rings. The minimum absolute atomic E-state index is 0.207. The molecule has 196 valence electrons. The van der Waals surface area contributed by atoms with E-state index in [0.29, 0.717) is 46.3 Å². The van der Waals surface area contributed by atoms with Crippen molar-refractivity contribution >= 4 is 33.7 Å². The molecule has 4 rings (SSSR count). The third kappa shape index (κ3) is 7.09. The number of thiophene rings is 1. The molecular weight excluding hydrogens is 488 g/mol. The number of hydrogen-bond donors (Lipinski definition) is 3. The fourth-order valence-corrected chi connectivity index (χ4v) is 5.32. The van der Waals surface area contributed by atoms with E-state index < -0.39 is 0 Å². The molecule has 3 aromatic rings. The number of nitrogens with zero attached hydrogens (tertiary/aromatic N) is 1. The second kappa shape index (κ2) is 13.2. The predicted octanol–water partition coefficient (Wildman–Crippen LogP) is 3.68. The third-order valence-electron chi connectivity index (χ3n) is 6.31. The number of nitrogens with two attached hydrogens (primary N) is 1. The summed E-state index contributed by atoms with van der Waals surface area (Å²) in [5, 5.41) is 6.97. The number of ether oxygens (including phenoxy) is 2. The molecule has 2 aromatic carbocycles. The Morgan fingerprint density at radius 1 is 1.05 bits per heavy atom. The van der Waals surface area contributed by atoms with Gasteiger partial charge in [-0.05, 0) is 49.2 Å². The van der Waals surface area contributed by atoms with Crippen molar-refractivity contribution in [3.63, 3.8) is 0 Å². The Morgan fingerprint density at radius 3 is 2.49 bits per heavy atom. The highest BCUT2D eigenvalue weighted by atomic mass is 32.1. The average molecular weight is 523 g/mol. The van der Waals surface area contributed by atoms with Gasteiger partial charge in [-0.25, -0.2) is 0 Å². The normalized spacial score (nSPS) is 13.8. The van der Waals surface area contributed by atoms with Crippen molar-refractivity contribution in [2.45, 2.75) is 12.8 Å². The van der Waals surface area contributed by atoms with Gasteiger partial charge in [0, 0.05) is 31.7 Å². The summed E-state index contributed by atoms with van der Waals surface area (Å²) < 4.78 is 10.6. The van der Waals surface area contributed by atoms with Gasteiger partial charge < -0.3 is 25.8 Å². The van der Waals surface area contributed by atoms with Crippen LogP contribution in [0.2, 0.25) is 0 Å². The van der Waals surface area contributed by atoms with Crippen molar-refractivity contribution in [1.29, 1.82) is 0 Å². The van der Waals surface area contributed by atoms with E-state index in [1.807, 2.05) is 30.3 Å². The lowest BCUT2D eigenvalue weighted by Gasteiger charge is -2.26. The van der Waals surface area contributed by atoms with Gasteiger partial charge in [0.05, 0.1) is 31.6 Å². The van der Waals surface area contributed by atoms with Crippen LogP contribution >= 0.6 is 11.3 Å². The monoisotopic (exact) mass is 522 g/mol. The van der Waals surface area contributed by atoms with Crippen LogP contribution in [0, 0.1) is 0 Å². The number of amides is 1. The van der Waals surface area contributed by atoms with E-state index in [4.69, 9.17) is 15.2 Å². The number of anilines is 2. The topological polar surface area (TPSA) is 106 Å². The summed E-state index contributed by atoms with van der Waals surface area (Å²) in [6, 6.07) is 16.8. The number of morpholine rings is 1. The van der Waals surface area contributed by atoms with Crippen LogP contribution in [0.1, 0.15) is 37.6 Å². The van der Waals surface area contributed by atoms with E-state index in [-0.39, 0.29) is 17.4 Å².